The van der Waals surface area contributed by atoms with Gasteiger partial charge in [-0.25, -0.2) is 0 Å². The molecule has 3 aromatic carbocycles. The Morgan fingerprint density at radius 1 is 0.382 bits per heavy atom. The van der Waals surface area contributed by atoms with E-state index >= 15 is 0 Å². The lowest BCUT2D eigenvalue weighted by atomic mass is 10.00. The molecule has 0 atom stereocenters. The molecule has 1 aliphatic carbocycles. The molecule has 4 nitrogen and oxygen atoms in total. The van der Waals surface area contributed by atoms with E-state index < -0.39 is 0 Å². The number of amides is 2. The first-order valence-corrected chi connectivity index (χ1v) is 31.7. The largest absolute Gasteiger partial charge is 0.320 e. The van der Waals surface area contributed by atoms with Crippen molar-refractivity contribution < 1.29 is 9.59 Å². The summed E-state index contributed by atoms with van der Waals surface area (Å²) in [7, 11) is 0. The van der Waals surface area contributed by atoms with Crippen molar-refractivity contribution in [1.29, 1.82) is 0 Å². The predicted molar refractivity (Wildman–Crippen MR) is 327 cm³/mol. The van der Waals surface area contributed by atoms with Crippen molar-refractivity contribution in [3.63, 3.8) is 0 Å². The van der Waals surface area contributed by atoms with Crippen LogP contribution in [0.3, 0.4) is 0 Å². The standard InChI is InChI=1S/C66H58N2O2S6/c69-65-57-58(60(68-65)56-42-50(32-16-28-46-23-11-4-12-24-46)64(76-56)54-36-34-52(74-54)62-48(38-40-72-62)30-14-26-44-19-7-2-8-20-44)66(70)67-59(57)55-41-49(31-15-27-45-21-9-3-10-22-45)63(75-55)53-35-33-51(73-53)61-47(37-39-71-61)29-13-25-43-17-5-1-6-18-43/h1,3-7,9-12,17-24,33-42H,2,8,13-16,25-32H2,(H,67,70)(H,68,69). The Labute approximate surface area is 470 Å². The molecule has 9 aromatic rings. The van der Waals surface area contributed by atoms with Crippen LogP contribution in [0.4, 0.5) is 0 Å². The molecule has 0 bridgehead atoms. The summed E-state index contributed by atoms with van der Waals surface area (Å²) in [5, 5.41) is 11.0. The van der Waals surface area contributed by atoms with Gasteiger partial charge in [0.25, 0.3) is 11.8 Å². The summed E-state index contributed by atoms with van der Waals surface area (Å²) in [4.78, 5) is 40.8. The van der Waals surface area contributed by atoms with Crippen LogP contribution in [-0.2, 0) is 54.5 Å². The number of hydrogen-bond acceptors (Lipinski definition) is 8. The van der Waals surface area contributed by atoms with Crippen LogP contribution in [0.1, 0.15) is 93.6 Å². The smallest absolute Gasteiger partial charge is 0.258 e. The molecule has 10 heteroatoms. The highest BCUT2D eigenvalue weighted by Crippen LogP contribution is 2.49. The maximum atomic E-state index is 14.4. The molecule has 8 heterocycles. The van der Waals surface area contributed by atoms with Crippen molar-refractivity contribution in [3.05, 3.63) is 234 Å². The highest BCUT2D eigenvalue weighted by atomic mass is 32.1. The van der Waals surface area contributed by atoms with Crippen LogP contribution in [0.15, 0.2) is 185 Å². The third-order valence-corrected chi connectivity index (χ3v) is 21.8. The van der Waals surface area contributed by atoms with Crippen molar-refractivity contribution in [1.82, 2.24) is 10.6 Å². The molecule has 6 aromatic heterocycles. The lowest BCUT2D eigenvalue weighted by Crippen LogP contribution is -2.20. The van der Waals surface area contributed by atoms with Crippen LogP contribution in [0, 0.1) is 0 Å². The number of nitrogens with one attached hydrogen (secondary N) is 2. The van der Waals surface area contributed by atoms with E-state index in [1.165, 1.54) is 83.5 Å². The van der Waals surface area contributed by atoms with Crippen LogP contribution < -0.4 is 10.6 Å². The van der Waals surface area contributed by atoms with Crippen molar-refractivity contribution in [3.8, 4) is 39.0 Å². The highest BCUT2D eigenvalue weighted by molar-refractivity contribution is 7.27. The third kappa shape index (κ3) is 11.3. The van der Waals surface area contributed by atoms with Crippen molar-refractivity contribution in [2.45, 2.75) is 89.9 Å². The molecule has 0 saturated carbocycles. The fourth-order valence-electron chi connectivity index (χ4n) is 10.8. The summed E-state index contributed by atoms with van der Waals surface area (Å²) in [6.45, 7) is 0. The lowest BCUT2D eigenvalue weighted by molar-refractivity contribution is -0.117. The molecule has 2 amide bonds. The molecule has 2 N–H and O–H groups in total. The summed E-state index contributed by atoms with van der Waals surface area (Å²) in [5.74, 6) is -0.454. The van der Waals surface area contributed by atoms with Crippen LogP contribution in [-0.4, -0.2) is 11.8 Å². The maximum absolute atomic E-state index is 14.4. The SMILES string of the molecule is O=C1NC(c2cc(CCCc3ccccc3)c(-c3ccc(-c4sccc4CCCc4ccccc4)s3)s2)=C2C(=O)NC(c3cc(CCCc4ccccc4)c(-c4ccc(-c5sccc5CCCC5=CCCC=C5)s4)s3)=C12. The normalized spacial score (nSPS) is 14.2. The molecule has 2 aliphatic heterocycles. The molecule has 3 aliphatic rings. The molecule has 0 fully saturated rings. The van der Waals surface area contributed by atoms with E-state index in [0.717, 1.165) is 99.6 Å². The minimum atomic E-state index is -0.227. The van der Waals surface area contributed by atoms with Gasteiger partial charge in [0.15, 0.2) is 0 Å². The van der Waals surface area contributed by atoms with Gasteiger partial charge in [-0.05, 0) is 188 Å². The van der Waals surface area contributed by atoms with Gasteiger partial charge in [-0.15, -0.1) is 68.0 Å². The lowest BCUT2D eigenvalue weighted by Gasteiger charge is -2.07. The molecule has 0 spiro atoms. The average Bonchev–Trinajstić information content (AvgIpc) is 4.36. The molecular weight excluding hydrogens is 1050 g/mol. The first kappa shape index (κ1) is 50.6. The van der Waals surface area contributed by atoms with Gasteiger partial charge in [0.05, 0.1) is 32.3 Å². The Balaban J connectivity index is 0.848. The first-order chi connectivity index (χ1) is 37.5. The molecule has 380 valence electrons. The zero-order valence-electron chi connectivity index (χ0n) is 42.3. The zero-order valence-corrected chi connectivity index (χ0v) is 47.2. The Bertz CT molecular complexity index is 3640. The molecule has 0 unspecified atom stereocenters. The van der Waals surface area contributed by atoms with Gasteiger partial charge in [0.1, 0.15) is 0 Å². The summed E-state index contributed by atoms with van der Waals surface area (Å²) in [6.07, 6.45) is 21.5. The zero-order chi connectivity index (χ0) is 51.2. The van der Waals surface area contributed by atoms with Crippen molar-refractivity contribution >= 4 is 91.2 Å². The van der Waals surface area contributed by atoms with E-state index in [9.17, 15) is 9.59 Å². The maximum Gasteiger partial charge on any atom is 0.258 e. The van der Waals surface area contributed by atoms with Crippen LogP contribution >= 0.6 is 68.0 Å². The Hall–Kier alpha value is -6.24. The van der Waals surface area contributed by atoms with Crippen LogP contribution in [0.5, 0.6) is 0 Å². The van der Waals surface area contributed by atoms with E-state index in [4.69, 9.17) is 0 Å². The Kier molecular flexibility index (Phi) is 15.7. The number of hydrogen-bond donors (Lipinski definition) is 2. The second-order valence-corrected chi connectivity index (χ2v) is 25.9. The Morgan fingerprint density at radius 3 is 1.21 bits per heavy atom. The van der Waals surface area contributed by atoms with Gasteiger partial charge in [0, 0.05) is 39.0 Å². The summed E-state index contributed by atoms with van der Waals surface area (Å²) >= 11 is 10.8. The number of aryl methyl sites for hydroxylation is 7. The minimum absolute atomic E-state index is 0.227. The molecule has 0 saturated heterocycles. The van der Waals surface area contributed by atoms with Crippen LogP contribution in [0.2, 0.25) is 0 Å². The Morgan fingerprint density at radius 2 is 0.789 bits per heavy atom. The number of fused-ring (bicyclic) bond motifs is 1. The van der Waals surface area contributed by atoms with Gasteiger partial charge in [-0.3, -0.25) is 9.59 Å². The highest BCUT2D eigenvalue weighted by Gasteiger charge is 2.42. The molecular formula is C66H58N2O2S6. The average molecular weight is 1100 g/mol. The first-order valence-electron chi connectivity index (χ1n) is 26.7. The molecule has 0 radical (unpaired) electrons. The van der Waals surface area contributed by atoms with Crippen molar-refractivity contribution in [2.75, 3.05) is 0 Å². The van der Waals surface area contributed by atoms with E-state index in [-0.39, 0.29) is 11.8 Å². The van der Waals surface area contributed by atoms with Gasteiger partial charge in [-0.2, -0.15) is 0 Å². The third-order valence-electron chi connectivity index (χ3n) is 14.6. The second kappa shape index (κ2) is 23.6. The fraction of sp³-hybridized carbons (Fsp3) is 0.212. The monoisotopic (exact) mass is 1100 g/mol. The van der Waals surface area contributed by atoms with E-state index in [0.29, 0.717) is 22.5 Å². The number of rotatable bonds is 22. The van der Waals surface area contributed by atoms with Crippen LogP contribution in [0.25, 0.3) is 50.4 Å². The summed E-state index contributed by atoms with van der Waals surface area (Å²) in [5.41, 5.74) is 13.0. The number of carbonyl (C=O) groups is 2. The van der Waals surface area contributed by atoms with Gasteiger partial charge in [0.2, 0.25) is 0 Å². The van der Waals surface area contributed by atoms with Gasteiger partial charge in [-0.1, -0.05) is 115 Å². The topological polar surface area (TPSA) is 58.2 Å². The molecule has 12 rings (SSSR count). The summed E-state index contributed by atoms with van der Waals surface area (Å²) < 4.78 is 0. The van der Waals surface area contributed by atoms with E-state index in [1.807, 2.05) is 45.3 Å². The molecule has 76 heavy (non-hydrogen) atoms. The number of carbonyl (C=O) groups excluding carboxylic acids is 2. The van der Waals surface area contributed by atoms with E-state index in [1.54, 1.807) is 22.7 Å². The van der Waals surface area contributed by atoms with Crippen molar-refractivity contribution in [2.24, 2.45) is 0 Å². The number of benzene rings is 3. The quantitative estimate of drug-likeness (QED) is 0.0710. The predicted octanol–water partition coefficient (Wildman–Crippen LogP) is 18.2. The second-order valence-electron chi connectivity index (χ2n) is 19.8. The van der Waals surface area contributed by atoms with E-state index in [2.05, 4.69) is 179 Å². The minimum Gasteiger partial charge on any atom is -0.320 e. The van der Waals surface area contributed by atoms with Gasteiger partial charge < -0.3 is 10.6 Å². The summed E-state index contributed by atoms with van der Waals surface area (Å²) in [6, 6.07) is 50.4. The fourth-order valence-corrected chi connectivity index (χ4v) is 17.8. The van der Waals surface area contributed by atoms with Gasteiger partial charge >= 0.3 is 0 Å². The number of allylic oxidation sites excluding steroid dienone is 4. The number of thiophene rings is 6.